The number of carbonyl (C=O) groups excluding carboxylic acids is 1. The number of rotatable bonds is 4. The van der Waals surface area contributed by atoms with E-state index in [-0.39, 0.29) is 45.8 Å². The lowest BCUT2D eigenvalue weighted by Crippen LogP contribution is -2.49. The molecule has 3 heterocycles. The molecule has 2 aliphatic carbocycles. The molecule has 12 heteroatoms. The van der Waals surface area contributed by atoms with E-state index in [4.69, 9.17) is 17.3 Å². The maximum atomic E-state index is 14.6. The van der Waals surface area contributed by atoms with Crippen molar-refractivity contribution in [2.75, 3.05) is 35.6 Å². The first-order chi connectivity index (χ1) is 17.5. The highest BCUT2D eigenvalue weighted by atomic mass is 35.5. The molecular formula is C25H27ClF4N6O. The summed E-state index contributed by atoms with van der Waals surface area (Å²) in [7, 11) is 0. The van der Waals surface area contributed by atoms with Crippen molar-refractivity contribution in [2.45, 2.75) is 56.8 Å². The predicted molar refractivity (Wildman–Crippen MR) is 131 cm³/mol. The summed E-state index contributed by atoms with van der Waals surface area (Å²) in [5.41, 5.74) is 4.36. The van der Waals surface area contributed by atoms with Crippen LogP contribution in [-0.2, 0) is 11.0 Å². The molecule has 7 nitrogen and oxygen atoms in total. The number of piperidine rings is 2. The number of anilines is 3. The van der Waals surface area contributed by atoms with Crippen molar-refractivity contribution in [3.05, 3.63) is 40.9 Å². The highest BCUT2D eigenvalue weighted by molar-refractivity contribution is 6.31. The van der Waals surface area contributed by atoms with E-state index in [0.29, 0.717) is 32.5 Å². The molecule has 2 saturated heterocycles. The third kappa shape index (κ3) is 4.15. The molecule has 6 rings (SSSR count). The number of hydrogen-bond acceptors (Lipinski definition) is 6. The Kier molecular flexibility index (Phi) is 5.53. The number of nitrogens with two attached hydrogens (primary N) is 1. The van der Waals surface area contributed by atoms with E-state index < -0.39 is 23.0 Å². The third-order valence-electron chi connectivity index (χ3n) is 8.58. The van der Waals surface area contributed by atoms with Crippen molar-refractivity contribution < 1.29 is 22.4 Å². The van der Waals surface area contributed by atoms with Crippen molar-refractivity contribution in [2.24, 2.45) is 10.8 Å². The normalized spacial score (nSPS) is 31.2. The van der Waals surface area contributed by atoms with Crippen LogP contribution < -0.4 is 16.0 Å². The Labute approximate surface area is 216 Å². The molecule has 3 N–H and O–H groups in total. The van der Waals surface area contributed by atoms with Crippen molar-refractivity contribution >= 4 is 34.8 Å². The molecule has 2 spiro atoms. The van der Waals surface area contributed by atoms with E-state index in [2.05, 4.69) is 15.3 Å². The van der Waals surface area contributed by atoms with Gasteiger partial charge in [-0.1, -0.05) is 11.6 Å². The van der Waals surface area contributed by atoms with Crippen LogP contribution in [0.4, 0.5) is 34.9 Å². The zero-order valence-electron chi connectivity index (χ0n) is 20.0. The fourth-order valence-corrected chi connectivity index (χ4v) is 6.78. The molecule has 0 radical (unpaired) electrons. The third-order valence-corrected chi connectivity index (χ3v) is 8.80. The second-order valence-corrected chi connectivity index (χ2v) is 11.3. The van der Waals surface area contributed by atoms with Gasteiger partial charge in [0.15, 0.2) is 11.6 Å². The van der Waals surface area contributed by atoms with Crippen LogP contribution in [0.3, 0.4) is 0 Å². The molecule has 1 amide bonds. The average Bonchev–Trinajstić information content (AvgIpc) is 3.72. The molecule has 2 saturated carbocycles. The number of nitrogens with one attached hydrogen (secondary N) is 1. The van der Waals surface area contributed by atoms with Gasteiger partial charge >= 0.3 is 6.18 Å². The Balaban J connectivity index is 1.16. The molecule has 1 aromatic carbocycles. The second-order valence-electron chi connectivity index (χ2n) is 10.9. The Morgan fingerprint density at radius 2 is 1.89 bits per heavy atom. The Morgan fingerprint density at radius 1 is 1.11 bits per heavy atom. The fourth-order valence-electron chi connectivity index (χ4n) is 6.54. The summed E-state index contributed by atoms with van der Waals surface area (Å²) in [6.45, 7) is 1.90. The van der Waals surface area contributed by atoms with E-state index in [1.165, 1.54) is 12.4 Å². The second kappa shape index (κ2) is 8.34. The Morgan fingerprint density at radius 3 is 2.68 bits per heavy atom. The molecule has 4 fully saturated rings. The summed E-state index contributed by atoms with van der Waals surface area (Å²) in [6, 6.07) is 3.21. The topological polar surface area (TPSA) is 87.4 Å². The average molecular weight is 539 g/mol. The van der Waals surface area contributed by atoms with Crippen LogP contribution >= 0.6 is 11.6 Å². The quantitative estimate of drug-likeness (QED) is 0.548. The van der Waals surface area contributed by atoms with Crippen LogP contribution in [0.25, 0.3) is 0 Å². The number of benzene rings is 1. The molecule has 4 atom stereocenters. The molecule has 198 valence electrons. The van der Waals surface area contributed by atoms with Gasteiger partial charge in [0.1, 0.15) is 6.33 Å². The highest BCUT2D eigenvalue weighted by Crippen LogP contribution is 2.61. The maximum Gasteiger partial charge on any atom is 0.416 e. The van der Waals surface area contributed by atoms with Gasteiger partial charge in [-0.3, -0.25) is 4.79 Å². The molecule has 2 aliphatic heterocycles. The van der Waals surface area contributed by atoms with Gasteiger partial charge in [0.2, 0.25) is 11.7 Å². The van der Waals surface area contributed by atoms with Crippen molar-refractivity contribution in [1.29, 1.82) is 0 Å². The minimum absolute atomic E-state index is 0.00715. The first-order valence-corrected chi connectivity index (χ1v) is 12.9. The van der Waals surface area contributed by atoms with Crippen LogP contribution in [0, 0.1) is 16.6 Å². The molecule has 0 bridgehead atoms. The van der Waals surface area contributed by atoms with Crippen molar-refractivity contribution in [3.8, 4) is 0 Å². The van der Waals surface area contributed by atoms with Crippen LogP contribution in [-0.4, -0.2) is 52.5 Å². The summed E-state index contributed by atoms with van der Waals surface area (Å²) < 4.78 is 54.3. The summed E-state index contributed by atoms with van der Waals surface area (Å²) >= 11 is 5.94. The maximum absolute atomic E-state index is 14.6. The Hall–Kier alpha value is -2.82. The van der Waals surface area contributed by atoms with Crippen LogP contribution in [0.1, 0.15) is 44.1 Å². The zero-order valence-corrected chi connectivity index (χ0v) is 20.7. The number of alkyl halides is 3. The molecule has 37 heavy (non-hydrogen) atoms. The van der Waals surface area contributed by atoms with Gasteiger partial charge in [-0.15, -0.1) is 0 Å². The summed E-state index contributed by atoms with van der Waals surface area (Å²) in [5.74, 6) is -0.540. The minimum atomic E-state index is -4.51. The van der Waals surface area contributed by atoms with Gasteiger partial charge in [0, 0.05) is 47.8 Å². The van der Waals surface area contributed by atoms with Crippen molar-refractivity contribution in [1.82, 2.24) is 14.9 Å². The van der Waals surface area contributed by atoms with Gasteiger partial charge in [-0.25, -0.2) is 9.97 Å². The van der Waals surface area contributed by atoms with Gasteiger partial charge < -0.3 is 20.9 Å². The standard InChI is InChI=1S/C25H27ClF4N6O/c26-15-7-14(25(28,29)30)8-16(9-15)34-17-10-24(17)4-2-6-36(22(24)37)18-11-23(18)3-1-5-35(12-23)21-19(27)20(31)32-13-33-21/h7-9,13,17-18,34H,1-6,10-12H2,(H2,31,32,33)/t17?,18?,23?,24-/m1/s1. The number of nitrogens with zero attached hydrogens (tertiary/aromatic N) is 4. The Bertz CT molecular complexity index is 1260. The van der Waals surface area contributed by atoms with Crippen molar-refractivity contribution in [3.63, 3.8) is 0 Å². The highest BCUT2D eigenvalue weighted by Gasteiger charge is 2.67. The lowest BCUT2D eigenvalue weighted by atomic mass is 9.90. The largest absolute Gasteiger partial charge is 0.416 e. The van der Waals surface area contributed by atoms with Gasteiger partial charge in [-0.2, -0.15) is 17.6 Å². The predicted octanol–water partition coefficient (Wildman–Crippen LogP) is 4.72. The van der Waals surface area contributed by atoms with Crippen LogP contribution in [0.5, 0.6) is 0 Å². The molecule has 2 aromatic rings. The molecular weight excluding hydrogens is 512 g/mol. The zero-order chi connectivity index (χ0) is 26.2. The van der Waals surface area contributed by atoms with Gasteiger partial charge in [0.25, 0.3) is 0 Å². The lowest BCUT2D eigenvalue weighted by Gasteiger charge is -2.39. The van der Waals surface area contributed by atoms with Gasteiger partial charge in [0.05, 0.1) is 11.0 Å². The smallest absolute Gasteiger partial charge is 0.381 e. The van der Waals surface area contributed by atoms with E-state index in [1.807, 2.05) is 9.80 Å². The molecule has 3 unspecified atom stereocenters. The van der Waals surface area contributed by atoms with E-state index >= 15 is 0 Å². The minimum Gasteiger partial charge on any atom is -0.381 e. The molecule has 4 aliphatic rings. The van der Waals surface area contributed by atoms with Crippen LogP contribution in [0.15, 0.2) is 24.5 Å². The first kappa shape index (κ1) is 24.5. The van der Waals surface area contributed by atoms with Crippen LogP contribution in [0.2, 0.25) is 5.02 Å². The summed E-state index contributed by atoms with van der Waals surface area (Å²) in [6.07, 6.45) is 1.50. The number of halogens is 5. The van der Waals surface area contributed by atoms with E-state index in [1.54, 1.807) is 0 Å². The number of carbonyl (C=O) groups is 1. The summed E-state index contributed by atoms with van der Waals surface area (Å²) in [5, 5.41) is 3.14. The number of hydrogen-bond donors (Lipinski definition) is 2. The number of nitrogen functional groups attached to an aromatic ring is 1. The van der Waals surface area contributed by atoms with E-state index in [0.717, 1.165) is 37.8 Å². The number of amides is 1. The molecule has 1 aromatic heterocycles. The van der Waals surface area contributed by atoms with Gasteiger partial charge in [-0.05, 0) is 56.7 Å². The fraction of sp³-hybridized carbons (Fsp3) is 0.560. The SMILES string of the molecule is Nc1ncnc(N2CCCC3(CC3N3CCC[C@]4(CC4Nc4cc(Cl)cc(C(F)(F)F)c4)C3=O)C2)c1F. The summed E-state index contributed by atoms with van der Waals surface area (Å²) in [4.78, 5) is 25.4. The number of aromatic nitrogens is 2. The number of likely N-dealkylation sites (tertiary alicyclic amines) is 1. The lowest BCUT2D eigenvalue weighted by molar-refractivity contribution is -0.141. The monoisotopic (exact) mass is 538 g/mol. The van der Waals surface area contributed by atoms with E-state index in [9.17, 15) is 22.4 Å². The first-order valence-electron chi connectivity index (χ1n) is 12.5.